The maximum Gasteiger partial charge on any atom is 0.261 e. The van der Waals surface area contributed by atoms with Crippen molar-refractivity contribution in [1.29, 1.82) is 0 Å². The molecule has 0 spiro atoms. The lowest BCUT2D eigenvalue weighted by molar-refractivity contribution is -0.142. The zero-order chi connectivity index (χ0) is 22.4. The number of amides is 2. The highest BCUT2D eigenvalue weighted by atomic mass is 79.9. The SMILES string of the molecule is Cc1cc(OCC(=O)N(Cc2ccccc2F)[C@@H](C)C(=O)NC2CCCC2)ccc1Br. The molecule has 1 aliphatic carbocycles. The number of hydrogen-bond acceptors (Lipinski definition) is 3. The van der Waals surface area contributed by atoms with E-state index in [0.717, 1.165) is 35.7 Å². The molecule has 0 saturated heterocycles. The average Bonchev–Trinajstić information content (AvgIpc) is 3.26. The first kappa shape index (κ1) is 23.3. The largest absolute Gasteiger partial charge is 0.484 e. The van der Waals surface area contributed by atoms with E-state index in [9.17, 15) is 14.0 Å². The zero-order valence-corrected chi connectivity index (χ0v) is 19.5. The molecule has 7 heteroatoms. The number of carbonyl (C=O) groups is 2. The van der Waals surface area contributed by atoms with Gasteiger partial charge < -0.3 is 15.0 Å². The summed E-state index contributed by atoms with van der Waals surface area (Å²) in [5.74, 6) is -0.454. The van der Waals surface area contributed by atoms with E-state index in [1.54, 1.807) is 31.2 Å². The average molecular weight is 491 g/mol. The molecule has 1 N–H and O–H groups in total. The summed E-state index contributed by atoms with van der Waals surface area (Å²) in [6.07, 6.45) is 4.09. The Hall–Kier alpha value is -2.41. The van der Waals surface area contributed by atoms with Crippen molar-refractivity contribution in [3.63, 3.8) is 0 Å². The minimum Gasteiger partial charge on any atom is -0.484 e. The van der Waals surface area contributed by atoms with Crippen molar-refractivity contribution in [3.8, 4) is 5.75 Å². The standard InChI is InChI=1S/C24H28BrFN2O3/c1-16-13-20(11-12-21(16)25)31-15-23(29)28(14-18-7-3-6-10-22(18)26)17(2)24(30)27-19-8-4-5-9-19/h3,6-7,10-13,17,19H,4-5,8-9,14-15H2,1-2H3,(H,27,30)/t17-/m0/s1. The minimum absolute atomic E-state index is 0.00646. The van der Waals surface area contributed by atoms with E-state index >= 15 is 0 Å². The molecule has 166 valence electrons. The van der Waals surface area contributed by atoms with Gasteiger partial charge in [-0.2, -0.15) is 0 Å². The molecule has 1 atom stereocenters. The summed E-state index contributed by atoms with van der Waals surface area (Å²) in [5, 5.41) is 3.03. The Morgan fingerprint density at radius 2 is 1.94 bits per heavy atom. The second-order valence-corrected chi connectivity index (χ2v) is 8.83. The van der Waals surface area contributed by atoms with Gasteiger partial charge in [0, 0.05) is 22.6 Å². The van der Waals surface area contributed by atoms with Crippen molar-refractivity contribution < 1.29 is 18.7 Å². The molecule has 0 radical (unpaired) electrons. The van der Waals surface area contributed by atoms with E-state index in [-0.39, 0.29) is 31.0 Å². The lowest BCUT2D eigenvalue weighted by Crippen LogP contribution is -2.50. The third-order valence-electron chi connectivity index (χ3n) is 5.66. The van der Waals surface area contributed by atoms with Crippen LogP contribution >= 0.6 is 15.9 Å². The highest BCUT2D eigenvalue weighted by molar-refractivity contribution is 9.10. The minimum atomic E-state index is -0.747. The molecule has 1 saturated carbocycles. The number of benzene rings is 2. The Morgan fingerprint density at radius 1 is 1.23 bits per heavy atom. The number of aryl methyl sites for hydroxylation is 1. The van der Waals surface area contributed by atoms with E-state index < -0.39 is 11.9 Å². The Balaban J connectivity index is 1.73. The fraction of sp³-hybridized carbons (Fsp3) is 0.417. The van der Waals surface area contributed by atoms with Crippen LogP contribution in [0.25, 0.3) is 0 Å². The van der Waals surface area contributed by atoms with Gasteiger partial charge in [-0.05, 0) is 56.5 Å². The molecule has 2 aromatic carbocycles. The number of halogens is 2. The van der Waals surface area contributed by atoms with Crippen molar-refractivity contribution in [2.45, 2.75) is 58.2 Å². The summed E-state index contributed by atoms with van der Waals surface area (Å²) < 4.78 is 20.9. The number of nitrogens with one attached hydrogen (secondary N) is 1. The van der Waals surface area contributed by atoms with Crippen molar-refractivity contribution in [3.05, 3.63) is 63.9 Å². The molecule has 5 nitrogen and oxygen atoms in total. The fourth-order valence-corrected chi connectivity index (χ4v) is 3.97. The normalized spacial score (nSPS) is 14.8. The van der Waals surface area contributed by atoms with Gasteiger partial charge >= 0.3 is 0 Å². The van der Waals surface area contributed by atoms with Gasteiger partial charge in [0.1, 0.15) is 17.6 Å². The number of rotatable bonds is 8. The van der Waals surface area contributed by atoms with Crippen LogP contribution in [0.1, 0.15) is 43.7 Å². The zero-order valence-electron chi connectivity index (χ0n) is 17.9. The Morgan fingerprint density at radius 3 is 2.61 bits per heavy atom. The molecular weight excluding hydrogens is 463 g/mol. The van der Waals surface area contributed by atoms with Gasteiger partial charge in [0.05, 0.1) is 0 Å². The number of carbonyl (C=O) groups excluding carboxylic acids is 2. The molecule has 0 unspecified atom stereocenters. The third-order valence-corrected chi connectivity index (χ3v) is 6.55. The van der Waals surface area contributed by atoms with Crippen LogP contribution in [-0.4, -0.2) is 35.4 Å². The maximum absolute atomic E-state index is 14.3. The molecule has 0 aromatic heterocycles. The first-order chi connectivity index (χ1) is 14.8. The van der Waals surface area contributed by atoms with Crippen LogP contribution in [0.3, 0.4) is 0 Å². The van der Waals surface area contributed by atoms with Gasteiger partial charge in [-0.15, -0.1) is 0 Å². The molecule has 2 amide bonds. The van der Waals surface area contributed by atoms with Crippen LogP contribution in [0.4, 0.5) is 4.39 Å². The van der Waals surface area contributed by atoms with Crippen molar-refractivity contribution in [1.82, 2.24) is 10.2 Å². The van der Waals surface area contributed by atoms with Gasteiger partial charge in [-0.1, -0.05) is 47.0 Å². The quantitative estimate of drug-likeness (QED) is 0.580. The van der Waals surface area contributed by atoms with Gasteiger partial charge in [-0.25, -0.2) is 4.39 Å². The monoisotopic (exact) mass is 490 g/mol. The van der Waals surface area contributed by atoms with E-state index in [0.29, 0.717) is 11.3 Å². The predicted molar refractivity (Wildman–Crippen MR) is 121 cm³/mol. The Bertz CT molecular complexity index is 931. The molecule has 0 aliphatic heterocycles. The van der Waals surface area contributed by atoms with E-state index in [2.05, 4.69) is 21.2 Å². The van der Waals surface area contributed by atoms with Gasteiger partial charge in [0.2, 0.25) is 5.91 Å². The van der Waals surface area contributed by atoms with Crippen molar-refractivity contribution in [2.24, 2.45) is 0 Å². The Kier molecular flexibility index (Phi) is 8.07. The molecule has 0 heterocycles. The van der Waals surface area contributed by atoms with Crippen molar-refractivity contribution >= 4 is 27.7 Å². The third kappa shape index (κ3) is 6.29. The van der Waals surface area contributed by atoms with Crippen molar-refractivity contribution in [2.75, 3.05) is 6.61 Å². The number of ether oxygens (including phenoxy) is 1. The Labute approximate surface area is 191 Å². The molecule has 1 fully saturated rings. The van der Waals surface area contributed by atoms with Crippen LogP contribution < -0.4 is 10.1 Å². The van der Waals surface area contributed by atoms with Gasteiger partial charge in [-0.3, -0.25) is 9.59 Å². The van der Waals surface area contributed by atoms with Crippen LogP contribution in [0.5, 0.6) is 5.75 Å². The molecule has 0 bridgehead atoms. The van der Waals surface area contributed by atoms with Crippen LogP contribution in [0.15, 0.2) is 46.9 Å². The van der Waals surface area contributed by atoms with Gasteiger partial charge in [0.25, 0.3) is 5.91 Å². The molecule has 1 aliphatic rings. The number of nitrogens with zero attached hydrogens (tertiary/aromatic N) is 1. The van der Waals surface area contributed by atoms with Crippen LogP contribution in [0, 0.1) is 12.7 Å². The second kappa shape index (κ2) is 10.8. The number of hydrogen-bond donors (Lipinski definition) is 1. The summed E-state index contributed by atoms with van der Waals surface area (Å²) in [7, 11) is 0. The van der Waals surface area contributed by atoms with E-state index in [1.807, 2.05) is 19.1 Å². The lowest BCUT2D eigenvalue weighted by Gasteiger charge is -2.29. The van der Waals surface area contributed by atoms with E-state index in [1.165, 1.54) is 11.0 Å². The topological polar surface area (TPSA) is 58.6 Å². The summed E-state index contributed by atoms with van der Waals surface area (Å²) in [6.45, 7) is 3.36. The van der Waals surface area contributed by atoms with Crippen LogP contribution in [0.2, 0.25) is 0 Å². The lowest BCUT2D eigenvalue weighted by atomic mass is 10.1. The highest BCUT2D eigenvalue weighted by Gasteiger charge is 2.29. The fourth-order valence-electron chi connectivity index (χ4n) is 3.72. The smallest absolute Gasteiger partial charge is 0.261 e. The second-order valence-electron chi connectivity index (χ2n) is 7.98. The van der Waals surface area contributed by atoms with Crippen LogP contribution in [-0.2, 0) is 16.1 Å². The van der Waals surface area contributed by atoms with Gasteiger partial charge in [0.15, 0.2) is 6.61 Å². The summed E-state index contributed by atoms with van der Waals surface area (Å²) in [5.41, 5.74) is 1.34. The summed E-state index contributed by atoms with van der Waals surface area (Å²) in [4.78, 5) is 27.3. The summed E-state index contributed by atoms with van der Waals surface area (Å²) in [6, 6.07) is 11.1. The summed E-state index contributed by atoms with van der Waals surface area (Å²) >= 11 is 3.44. The molecule has 3 rings (SSSR count). The first-order valence-electron chi connectivity index (χ1n) is 10.6. The first-order valence-corrected chi connectivity index (χ1v) is 11.4. The molecule has 31 heavy (non-hydrogen) atoms. The molecule has 2 aromatic rings. The van der Waals surface area contributed by atoms with E-state index in [4.69, 9.17) is 4.74 Å². The maximum atomic E-state index is 14.3. The molecular formula is C24H28BrFN2O3. The highest BCUT2D eigenvalue weighted by Crippen LogP contribution is 2.22. The predicted octanol–water partition coefficient (Wildman–Crippen LogP) is 4.75.